The summed E-state index contributed by atoms with van der Waals surface area (Å²) in [5, 5.41) is 15.0. The monoisotopic (exact) mass is 526 g/mol. The van der Waals surface area contributed by atoms with Crippen molar-refractivity contribution < 1.29 is 32.5 Å². The van der Waals surface area contributed by atoms with Gasteiger partial charge in [-0.2, -0.15) is 13.2 Å². The predicted molar refractivity (Wildman–Crippen MR) is 130 cm³/mol. The van der Waals surface area contributed by atoms with Gasteiger partial charge in [0.05, 0.1) is 29.8 Å². The number of alkyl halides is 3. The molecule has 206 valence electrons. The normalized spacial score (nSPS) is 34.4. The van der Waals surface area contributed by atoms with Crippen LogP contribution in [0, 0.1) is 5.41 Å². The Morgan fingerprint density at radius 2 is 2.05 bits per heavy atom. The number of aliphatic hydroxyl groups is 1. The lowest BCUT2D eigenvalue weighted by Gasteiger charge is -2.45. The standard InChI is InChI=1S/C26H37F3N4O4/c1-24(2,35)25(7-4-16(12-25)31-20-6-9-37-15-21(20)36-3)23(34)33-14-18-10-19(33)13-32(18)17-5-8-30-22(11-17)26(27,28)29/h5,8,11,16,18-21,31,35H,4,6-7,9-10,12-15H2,1-3H3/t16-,18+,19+,20+,21-,25-/m1/s1. The highest BCUT2D eigenvalue weighted by atomic mass is 19.4. The van der Waals surface area contributed by atoms with Gasteiger partial charge in [0, 0.05) is 56.8 Å². The van der Waals surface area contributed by atoms with Crippen LogP contribution in [0.4, 0.5) is 18.9 Å². The highest BCUT2D eigenvalue weighted by Crippen LogP contribution is 2.50. The molecule has 0 unspecified atom stereocenters. The topological polar surface area (TPSA) is 87.2 Å². The maximum atomic E-state index is 14.1. The Labute approximate surface area is 215 Å². The number of piperazine rings is 1. The number of nitrogens with one attached hydrogen (secondary N) is 1. The van der Waals surface area contributed by atoms with Gasteiger partial charge in [-0.3, -0.25) is 9.78 Å². The molecule has 1 aromatic rings. The summed E-state index contributed by atoms with van der Waals surface area (Å²) in [6, 6.07) is 2.73. The van der Waals surface area contributed by atoms with Crippen molar-refractivity contribution in [1.29, 1.82) is 0 Å². The number of amides is 1. The number of hydrogen-bond donors (Lipinski definition) is 2. The van der Waals surface area contributed by atoms with Crippen LogP contribution in [0.25, 0.3) is 0 Å². The number of anilines is 1. The van der Waals surface area contributed by atoms with Crippen LogP contribution in [0.2, 0.25) is 0 Å². The van der Waals surface area contributed by atoms with Crippen LogP contribution in [0.5, 0.6) is 0 Å². The molecule has 5 rings (SSSR count). The van der Waals surface area contributed by atoms with Gasteiger partial charge < -0.3 is 29.7 Å². The number of carbonyl (C=O) groups is 1. The molecular formula is C26H37F3N4O4. The molecule has 0 spiro atoms. The first-order valence-corrected chi connectivity index (χ1v) is 13.1. The molecule has 4 fully saturated rings. The van der Waals surface area contributed by atoms with Crippen LogP contribution >= 0.6 is 0 Å². The molecule has 4 heterocycles. The van der Waals surface area contributed by atoms with Crippen molar-refractivity contribution in [1.82, 2.24) is 15.2 Å². The first-order chi connectivity index (χ1) is 17.4. The fraction of sp³-hybridized carbons (Fsp3) is 0.769. The first-order valence-electron chi connectivity index (χ1n) is 13.1. The van der Waals surface area contributed by atoms with Crippen molar-refractivity contribution in [2.75, 3.05) is 38.3 Å². The van der Waals surface area contributed by atoms with Gasteiger partial charge in [0.1, 0.15) is 5.69 Å². The molecule has 1 saturated carbocycles. The van der Waals surface area contributed by atoms with Gasteiger partial charge in [0.15, 0.2) is 0 Å². The Morgan fingerprint density at radius 1 is 1.27 bits per heavy atom. The summed E-state index contributed by atoms with van der Waals surface area (Å²) in [4.78, 5) is 21.4. The Kier molecular flexibility index (Phi) is 6.96. The van der Waals surface area contributed by atoms with Crippen molar-refractivity contribution in [3.8, 4) is 0 Å². The number of ether oxygens (including phenoxy) is 2. The summed E-state index contributed by atoms with van der Waals surface area (Å²) in [6.45, 7) is 5.54. The van der Waals surface area contributed by atoms with Crippen LogP contribution in [0.15, 0.2) is 18.3 Å². The van der Waals surface area contributed by atoms with E-state index in [0.29, 0.717) is 51.3 Å². The predicted octanol–water partition coefficient (Wildman–Crippen LogP) is 2.59. The minimum Gasteiger partial charge on any atom is -0.389 e. The lowest BCUT2D eigenvalue weighted by Crippen LogP contribution is -2.59. The van der Waals surface area contributed by atoms with Crippen molar-refractivity contribution in [2.24, 2.45) is 5.41 Å². The number of methoxy groups -OCH3 is 1. The third kappa shape index (κ3) is 4.84. The second-order valence-corrected chi connectivity index (χ2v) is 11.5. The number of aromatic nitrogens is 1. The average molecular weight is 527 g/mol. The van der Waals surface area contributed by atoms with Crippen molar-refractivity contribution in [3.05, 3.63) is 24.0 Å². The molecule has 8 nitrogen and oxygen atoms in total. The molecular weight excluding hydrogens is 489 g/mol. The summed E-state index contributed by atoms with van der Waals surface area (Å²) in [5.41, 5.74) is -2.57. The van der Waals surface area contributed by atoms with Gasteiger partial charge in [-0.15, -0.1) is 0 Å². The molecule has 1 aliphatic carbocycles. The van der Waals surface area contributed by atoms with E-state index < -0.39 is 22.9 Å². The summed E-state index contributed by atoms with van der Waals surface area (Å²) in [6.07, 6.45) is 0.0459. The van der Waals surface area contributed by atoms with Crippen LogP contribution in [-0.4, -0.2) is 90.2 Å². The largest absolute Gasteiger partial charge is 0.433 e. The molecule has 0 aromatic carbocycles. The number of pyridine rings is 1. The first kappa shape index (κ1) is 26.6. The zero-order chi connectivity index (χ0) is 26.6. The fourth-order valence-electron chi connectivity index (χ4n) is 6.90. The SMILES string of the molecule is CO[C@@H]1COCC[C@@H]1N[C@@H]1CC[C@@](C(=O)N2C[C@@H]3C[C@H]2CN3c2ccnc(C(F)(F)F)c2)(C(C)(C)O)C1. The number of carbonyl (C=O) groups excluding carboxylic acids is 1. The van der Waals surface area contributed by atoms with E-state index in [0.717, 1.165) is 18.9 Å². The Balaban J connectivity index is 1.29. The maximum absolute atomic E-state index is 14.1. The minimum absolute atomic E-state index is 0.0440. The van der Waals surface area contributed by atoms with Gasteiger partial charge in [-0.25, -0.2) is 0 Å². The van der Waals surface area contributed by atoms with Crippen molar-refractivity contribution >= 4 is 11.6 Å². The molecule has 2 bridgehead atoms. The van der Waals surface area contributed by atoms with Crippen molar-refractivity contribution in [2.45, 2.75) is 88.0 Å². The van der Waals surface area contributed by atoms with Gasteiger partial charge in [-0.1, -0.05) is 0 Å². The fourth-order valence-corrected chi connectivity index (χ4v) is 6.90. The number of rotatable bonds is 6. The number of nitrogens with zero attached hydrogens (tertiary/aromatic N) is 3. The van der Waals surface area contributed by atoms with Crippen LogP contribution in [0.3, 0.4) is 0 Å². The number of likely N-dealkylation sites (tertiary alicyclic amines) is 1. The molecule has 3 saturated heterocycles. The number of hydrogen-bond acceptors (Lipinski definition) is 7. The van der Waals surface area contributed by atoms with Gasteiger partial charge in [0.2, 0.25) is 5.91 Å². The molecule has 3 aliphatic heterocycles. The van der Waals surface area contributed by atoms with Crippen LogP contribution < -0.4 is 10.2 Å². The molecule has 1 aromatic heterocycles. The molecule has 11 heteroatoms. The molecule has 4 aliphatic rings. The molecule has 37 heavy (non-hydrogen) atoms. The number of halogens is 3. The quantitative estimate of drug-likeness (QED) is 0.589. The van der Waals surface area contributed by atoms with E-state index in [4.69, 9.17) is 9.47 Å². The Bertz CT molecular complexity index is 1000. The molecule has 6 atom stereocenters. The van der Waals surface area contributed by atoms with E-state index in [1.54, 1.807) is 27.0 Å². The van der Waals surface area contributed by atoms with Gasteiger partial charge >= 0.3 is 6.18 Å². The van der Waals surface area contributed by atoms with E-state index in [2.05, 4.69) is 10.3 Å². The zero-order valence-electron chi connectivity index (χ0n) is 21.6. The summed E-state index contributed by atoms with van der Waals surface area (Å²) in [7, 11) is 1.68. The lowest BCUT2D eigenvalue weighted by molar-refractivity contribution is -0.159. The number of fused-ring (bicyclic) bond motifs is 2. The van der Waals surface area contributed by atoms with E-state index in [-0.39, 0.29) is 36.2 Å². The van der Waals surface area contributed by atoms with Crippen LogP contribution in [-0.2, 0) is 20.4 Å². The van der Waals surface area contributed by atoms with Gasteiger partial charge in [0.25, 0.3) is 0 Å². The summed E-state index contributed by atoms with van der Waals surface area (Å²) in [5.74, 6) is -0.0440. The van der Waals surface area contributed by atoms with Gasteiger partial charge in [-0.05, 0) is 58.1 Å². The zero-order valence-corrected chi connectivity index (χ0v) is 21.6. The Morgan fingerprint density at radius 3 is 2.70 bits per heavy atom. The average Bonchev–Trinajstić information content (AvgIpc) is 3.58. The molecule has 0 radical (unpaired) electrons. The lowest BCUT2D eigenvalue weighted by atomic mass is 9.70. The Hall–Kier alpha value is -1.95. The summed E-state index contributed by atoms with van der Waals surface area (Å²) < 4.78 is 50.7. The highest BCUT2D eigenvalue weighted by molar-refractivity contribution is 5.85. The van der Waals surface area contributed by atoms with E-state index in [1.165, 1.54) is 6.20 Å². The maximum Gasteiger partial charge on any atom is 0.433 e. The second-order valence-electron chi connectivity index (χ2n) is 11.5. The highest BCUT2D eigenvalue weighted by Gasteiger charge is 2.59. The smallest absolute Gasteiger partial charge is 0.389 e. The third-order valence-corrected chi connectivity index (χ3v) is 9.02. The minimum atomic E-state index is -4.50. The molecule has 1 amide bonds. The van der Waals surface area contributed by atoms with Crippen LogP contribution in [0.1, 0.15) is 51.6 Å². The van der Waals surface area contributed by atoms with Crippen molar-refractivity contribution in [3.63, 3.8) is 0 Å². The second kappa shape index (κ2) is 9.66. The molecule has 2 N–H and O–H groups in total. The van der Waals surface area contributed by atoms with E-state index in [1.807, 2.05) is 9.80 Å². The third-order valence-electron chi connectivity index (χ3n) is 9.02. The van der Waals surface area contributed by atoms with E-state index >= 15 is 0 Å². The summed E-state index contributed by atoms with van der Waals surface area (Å²) >= 11 is 0. The van der Waals surface area contributed by atoms with E-state index in [9.17, 15) is 23.1 Å².